The Labute approximate surface area is 137 Å². The number of rotatable bonds is 0. The number of hydrogen-bond donors (Lipinski definition) is 0. The van der Waals surface area contributed by atoms with Crippen molar-refractivity contribution in [2.45, 2.75) is 6.61 Å². The van der Waals surface area contributed by atoms with Gasteiger partial charge in [0.2, 0.25) is 5.88 Å². The average Bonchev–Trinajstić information content (AvgIpc) is 2.58. The summed E-state index contributed by atoms with van der Waals surface area (Å²) in [5.41, 5.74) is 4.81. The van der Waals surface area contributed by atoms with Crippen molar-refractivity contribution in [2.24, 2.45) is 0 Å². The van der Waals surface area contributed by atoms with Gasteiger partial charge in [0.15, 0.2) is 0 Å². The fourth-order valence-electron chi connectivity index (χ4n) is 3.06. The predicted molar refractivity (Wildman–Crippen MR) is 91.8 cm³/mol. The molecule has 23 heavy (non-hydrogen) atoms. The predicted octanol–water partition coefficient (Wildman–Crippen LogP) is 5.00. The van der Waals surface area contributed by atoms with Gasteiger partial charge in [-0.2, -0.15) is 0 Å². The molecule has 0 N–H and O–H groups in total. The molecule has 0 unspecified atom stereocenters. The van der Waals surface area contributed by atoms with Crippen molar-refractivity contribution >= 4 is 33.4 Å². The highest BCUT2D eigenvalue weighted by atomic mass is 35.5. The lowest BCUT2D eigenvalue weighted by molar-refractivity contribution is 0.290. The van der Waals surface area contributed by atoms with E-state index in [-0.39, 0.29) is 0 Å². The van der Waals surface area contributed by atoms with Gasteiger partial charge < -0.3 is 4.74 Å². The monoisotopic (exact) mass is 318 g/mol. The summed E-state index contributed by atoms with van der Waals surface area (Å²) in [6, 6.07) is 18.0. The zero-order chi connectivity index (χ0) is 15.4. The largest absolute Gasteiger partial charge is 0.472 e. The summed E-state index contributed by atoms with van der Waals surface area (Å²) in [5.74, 6) is 0.650. The highest BCUT2D eigenvalue weighted by Crippen LogP contribution is 2.38. The van der Waals surface area contributed by atoms with E-state index in [1.165, 1.54) is 0 Å². The lowest BCUT2D eigenvalue weighted by atomic mass is 10.0. The Kier molecular flexibility index (Phi) is 2.61. The molecular formula is C19H11ClN2O. The number of ether oxygens (including phenoxy) is 1. The van der Waals surface area contributed by atoms with E-state index in [2.05, 4.69) is 23.2 Å². The van der Waals surface area contributed by atoms with Crippen LogP contribution in [0.3, 0.4) is 0 Å². The molecule has 1 aliphatic rings. The molecule has 0 aliphatic carbocycles. The molecule has 0 atom stereocenters. The van der Waals surface area contributed by atoms with E-state index in [4.69, 9.17) is 21.3 Å². The molecule has 110 valence electrons. The smallest absolute Gasteiger partial charge is 0.223 e. The second-order valence-corrected chi connectivity index (χ2v) is 6.09. The first-order valence-electron chi connectivity index (χ1n) is 7.40. The van der Waals surface area contributed by atoms with E-state index in [1.54, 1.807) is 0 Å². The minimum Gasteiger partial charge on any atom is -0.472 e. The topological polar surface area (TPSA) is 35.0 Å². The Bertz CT molecular complexity index is 1090. The van der Waals surface area contributed by atoms with Gasteiger partial charge in [-0.15, -0.1) is 0 Å². The molecule has 5 rings (SSSR count). The average molecular weight is 319 g/mol. The van der Waals surface area contributed by atoms with E-state index in [1.807, 2.05) is 36.4 Å². The van der Waals surface area contributed by atoms with Crippen LogP contribution in [-0.4, -0.2) is 9.97 Å². The van der Waals surface area contributed by atoms with Crippen LogP contribution in [0.15, 0.2) is 54.6 Å². The number of benzene rings is 2. The summed E-state index contributed by atoms with van der Waals surface area (Å²) in [5, 5.41) is 2.82. The third kappa shape index (κ3) is 1.97. The number of aromatic nitrogens is 2. The fraction of sp³-hybridized carbons (Fsp3) is 0.0526. The number of fused-ring (bicyclic) bond motifs is 5. The van der Waals surface area contributed by atoms with Gasteiger partial charge in [0.05, 0.1) is 22.3 Å². The maximum Gasteiger partial charge on any atom is 0.223 e. The summed E-state index contributed by atoms with van der Waals surface area (Å²) < 4.78 is 5.85. The van der Waals surface area contributed by atoms with Gasteiger partial charge in [0.1, 0.15) is 6.61 Å². The van der Waals surface area contributed by atoms with Crippen LogP contribution in [0.4, 0.5) is 0 Å². The van der Waals surface area contributed by atoms with E-state index >= 15 is 0 Å². The summed E-state index contributed by atoms with van der Waals surface area (Å²) in [6.45, 7) is 0.475. The summed E-state index contributed by atoms with van der Waals surface area (Å²) >= 11 is 6.08. The molecule has 0 saturated carbocycles. The Balaban J connectivity index is 1.82. The van der Waals surface area contributed by atoms with Crippen molar-refractivity contribution in [1.82, 2.24) is 9.97 Å². The van der Waals surface area contributed by atoms with Crippen LogP contribution in [0.2, 0.25) is 5.02 Å². The lowest BCUT2D eigenvalue weighted by Crippen LogP contribution is -2.08. The molecule has 1 aliphatic heterocycles. The second-order valence-electron chi connectivity index (χ2n) is 5.66. The standard InChI is InChI=1S/C19H11ClN2O/c20-14-5-6-17-12(8-14)7-13-10-23-19-15(18(13)21-17)9-11-3-1-2-4-16(11)22-19/h1-9H,10H2. The van der Waals surface area contributed by atoms with Crippen molar-refractivity contribution in [3.63, 3.8) is 0 Å². The van der Waals surface area contributed by atoms with Crippen LogP contribution in [0.5, 0.6) is 5.88 Å². The number of pyridine rings is 2. The van der Waals surface area contributed by atoms with Crippen LogP contribution in [0.1, 0.15) is 5.56 Å². The molecule has 4 heteroatoms. The number of halogens is 1. The van der Waals surface area contributed by atoms with Crippen LogP contribution >= 0.6 is 11.6 Å². The van der Waals surface area contributed by atoms with Crippen molar-refractivity contribution in [2.75, 3.05) is 0 Å². The first kappa shape index (κ1) is 12.9. The summed E-state index contributed by atoms with van der Waals surface area (Å²) in [4.78, 5) is 9.45. The molecule has 4 aromatic rings. The van der Waals surface area contributed by atoms with Crippen LogP contribution in [0.25, 0.3) is 33.1 Å². The van der Waals surface area contributed by atoms with E-state index < -0.39 is 0 Å². The molecule has 0 bridgehead atoms. The third-order valence-electron chi connectivity index (χ3n) is 4.16. The Hall–Kier alpha value is -2.65. The molecule has 0 radical (unpaired) electrons. The maximum absolute atomic E-state index is 6.08. The maximum atomic E-state index is 6.08. The first-order valence-corrected chi connectivity index (χ1v) is 7.78. The van der Waals surface area contributed by atoms with Gasteiger partial charge >= 0.3 is 0 Å². The number of para-hydroxylation sites is 1. The highest BCUT2D eigenvalue weighted by molar-refractivity contribution is 6.31. The van der Waals surface area contributed by atoms with Crippen LogP contribution < -0.4 is 4.74 Å². The zero-order valence-corrected chi connectivity index (χ0v) is 12.8. The van der Waals surface area contributed by atoms with Crippen molar-refractivity contribution in [3.05, 3.63) is 65.2 Å². The molecule has 0 fully saturated rings. The van der Waals surface area contributed by atoms with E-state index in [0.717, 1.165) is 38.6 Å². The molecule has 3 nitrogen and oxygen atoms in total. The van der Waals surface area contributed by atoms with Gasteiger partial charge in [-0.1, -0.05) is 29.8 Å². The molecule has 2 aromatic heterocycles. The highest BCUT2D eigenvalue weighted by Gasteiger charge is 2.21. The molecular weight excluding hydrogens is 308 g/mol. The van der Waals surface area contributed by atoms with Crippen LogP contribution in [-0.2, 0) is 6.61 Å². The van der Waals surface area contributed by atoms with Gasteiger partial charge in [-0.25, -0.2) is 9.97 Å². The normalized spacial score (nSPS) is 12.7. The van der Waals surface area contributed by atoms with Crippen molar-refractivity contribution < 1.29 is 4.74 Å². The Morgan fingerprint density at radius 3 is 2.70 bits per heavy atom. The Morgan fingerprint density at radius 2 is 1.74 bits per heavy atom. The third-order valence-corrected chi connectivity index (χ3v) is 4.40. The van der Waals surface area contributed by atoms with E-state index in [0.29, 0.717) is 17.5 Å². The number of hydrogen-bond acceptors (Lipinski definition) is 3. The minimum absolute atomic E-state index is 0.475. The van der Waals surface area contributed by atoms with E-state index in [9.17, 15) is 0 Å². The van der Waals surface area contributed by atoms with Gasteiger partial charge in [0, 0.05) is 21.4 Å². The summed E-state index contributed by atoms with van der Waals surface area (Å²) in [6.07, 6.45) is 0. The molecule has 0 amide bonds. The lowest BCUT2D eigenvalue weighted by Gasteiger charge is -2.20. The second kappa shape index (κ2) is 4.67. The quantitative estimate of drug-likeness (QED) is 0.458. The SMILES string of the molecule is Clc1ccc2nc3c(cc2c1)COc1nc2ccccc2cc1-3. The molecule has 2 aromatic carbocycles. The molecule has 3 heterocycles. The van der Waals surface area contributed by atoms with Crippen molar-refractivity contribution in [3.8, 4) is 17.1 Å². The van der Waals surface area contributed by atoms with Gasteiger partial charge in [-0.05, 0) is 36.4 Å². The molecule has 0 spiro atoms. The number of nitrogens with zero attached hydrogens (tertiary/aromatic N) is 2. The fourth-order valence-corrected chi connectivity index (χ4v) is 3.24. The summed E-state index contributed by atoms with van der Waals surface area (Å²) in [7, 11) is 0. The van der Waals surface area contributed by atoms with Crippen molar-refractivity contribution in [1.29, 1.82) is 0 Å². The minimum atomic E-state index is 0.475. The van der Waals surface area contributed by atoms with Gasteiger partial charge in [-0.3, -0.25) is 0 Å². The van der Waals surface area contributed by atoms with Crippen LogP contribution in [0, 0.1) is 0 Å². The Morgan fingerprint density at radius 1 is 0.870 bits per heavy atom. The van der Waals surface area contributed by atoms with Gasteiger partial charge in [0.25, 0.3) is 0 Å². The molecule has 0 saturated heterocycles. The first-order chi connectivity index (χ1) is 11.3. The zero-order valence-electron chi connectivity index (χ0n) is 12.1.